The molecule has 4 nitrogen and oxygen atoms in total. The summed E-state index contributed by atoms with van der Waals surface area (Å²) in [7, 11) is 0. The van der Waals surface area contributed by atoms with Gasteiger partial charge in [0, 0.05) is 18.8 Å². The fourth-order valence-electron chi connectivity index (χ4n) is 2.64. The number of hydrogen-bond donors (Lipinski definition) is 1. The molecular weight excluding hydrogens is 262 g/mol. The van der Waals surface area contributed by atoms with Crippen molar-refractivity contribution in [2.45, 2.75) is 45.8 Å². The summed E-state index contributed by atoms with van der Waals surface area (Å²) in [6, 6.07) is 8.74. The molecule has 21 heavy (non-hydrogen) atoms. The summed E-state index contributed by atoms with van der Waals surface area (Å²) in [4.78, 5) is 0. The van der Waals surface area contributed by atoms with Crippen molar-refractivity contribution in [3.05, 3.63) is 41.7 Å². The van der Waals surface area contributed by atoms with Crippen LogP contribution in [-0.4, -0.2) is 16.3 Å². The fourth-order valence-corrected chi connectivity index (χ4v) is 2.64. The minimum atomic E-state index is 0.435. The molecule has 0 fully saturated rings. The topological polar surface area (TPSA) is 39.1 Å². The van der Waals surface area contributed by atoms with Gasteiger partial charge in [-0.25, -0.2) is 0 Å². The fraction of sp³-hybridized carbons (Fsp3) is 0.471. The van der Waals surface area contributed by atoms with Crippen LogP contribution in [-0.2, 0) is 13.0 Å². The van der Waals surface area contributed by atoms with Crippen molar-refractivity contribution in [2.24, 2.45) is 0 Å². The van der Waals surface area contributed by atoms with Crippen LogP contribution in [0.3, 0.4) is 0 Å². The lowest BCUT2D eigenvalue weighted by atomic mass is 10.0. The number of anilines is 1. The smallest absolute Gasteiger partial charge is 0.143 e. The first-order chi connectivity index (χ1) is 10.3. The van der Waals surface area contributed by atoms with Gasteiger partial charge in [0.1, 0.15) is 12.4 Å². The number of para-hydroxylation sites is 1. The van der Waals surface area contributed by atoms with Gasteiger partial charge in [0.15, 0.2) is 0 Å². The Morgan fingerprint density at radius 3 is 3.14 bits per heavy atom. The number of hydrogen-bond acceptors (Lipinski definition) is 3. The van der Waals surface area contributed by atoms with Crippen molar-refractivity contribution in [1.29, 1.82) is 0 Å². The Morgan fingerprint density at radius 2 is 2.29 bits per heavy atom. The maximum atomic E-state index is 5.98. The highest BCUT2D eigenvalue weighted by molar-refractivity contribution is 5.63. The van der Waals surface area contributed by atoms with E-state index in [-0.39, 0.29) is 0 Å². The molecule has 0 amide bonds. The van der Waals surface area contributed by atoms with Gasteiger partial charge < -0.3 is 10.1 Å². The second-order valence-electron chi connectivity index (χ2n) is 5.65. The molecule has 0 saturated heterocycles. The van der Waals surface area contributed by atoms with Gasteiger partial charge in [0.05, 0.1) is 11.4 Å². The molecule has 1 aromatic heterocycles. The maximum absolute atomic E-state index is 5.98. The molecule has 0 bridgehead atoms. The van der Waals surface area contributed by atoms with Gasteiger partial charge in [-0.3, -0.25) is 4.68 Å². The van der Waals surface area contributed by atoms with E-state index < -0.39 is 0 Å². The quantitative estimate of drug-likeness (QED) is 0.908. The summed E-state index contributed by atoms with van der Waals surface area (Å²) in [5.41, 5.74) is 3.48. The Labute approximate surface area is 126 Å². The standard InChI is InChI=1S/C17H23N3O/c1-3-13(2)20-11-9-15(19-20)12-21-16-8-4-6-14-7-5-10-18-17(14)16/h4,6,8-9,11,13,18H,3,5,7,10,12H2,1-2H3. The van der Waals surface area contributed by atoms with Gasteiger partial charge in [0.2, 0.25) is 0 Å². The summed E-state index contributed by atoms with van der Waals surface area (Å²) in [6.45, 7) is 5.89. The number of fused-ring (bicyclic) bond motifs is 1. The Bertz CT molecular complexity index is 606. The molecule has 3 rings (SSSR count). The highest BCUT2D eigenvalue weighted by Gasteiger charge is 2.13. The van der Waals surface area contributed by atoms with Crippen molar-refractivity contribution < 1.29 is 4.74 Å². The van der Waals surface area contributed by atoms with Crippen LogP contribution in [0.1, 0.15) is 44.0 Å². The number of aryl methyl sites for hydroxylation is 1. The molecule has 4 heteroatoms. The van der Waals surface area contributed by atoms with Gasteiger partial charge in [-0.1, -0.05) is 19.1 Å². The summed E-state index contributed by atoms with van der Waals surface area (Å²) in [6.07, 6.45) is 5.43. The number of ether oxygens (including phenoxy) is 1. The third kappa shape index (κ3) is 3.04. The van der Waals surface area contributed by atoms with Crippen LogP contribution < -0.4 is 10.1 Å². The molecule has 2 aromatic rings. The van der Waals surface area contributed by atoms with E-state index in [1.807, 2.05) is 23.0 Å². The minimum absolute atomic E-state index is 0.435. The Hall–Kier alpha value is -1.97. The summed E-state index contributed by atoms with van der Waals surface area (Å²) >= 11 is 0. The minimum Gasteiger partial charge on any atom is -0.485 e. The van der Waals surface area contributed by atoms with Crippen LogP contribution in [0.15, 0.2) is 30.5 Å². The van der Waals surface area contributed by atoms with E-state index in [0.29, 0.717) is 12.6 Å². The number of nitrogens with zero attached hydrogens (tertiary/aromatic N) is 2. The lowest BCUT2D eigenvalue weighted by Crippen LogP contribution is -2.13. The van der Waals surface area contributed by atoms with Crippen molar-refractivity contribution in [1.82, 2.24) is 9.78 Å². The van der Waals surface area contributed by atoms with E-state index >= 15 is 0 Å². The van der Waals surface area contributed by atoms with E-state index in [1.165, 1.54) is 12.0 Å². The van der Waals surface area contributed by atoms with Crippen LogP contribution in [0.25, 0.3) is 0 Å². The molecule has 1 aliphatic rings. The highest BCUT2D eigenvalue weighted by atomic mass is 16.5. The zero-order valence-corrected chi connectivity index (χ0v) is 12.8. The molecule has 0 aliphatic carbocycles. The van der Waals surface area contributed by atoms with Crippen molar-refractivity contribution in [3.8, 4) is 5.75 Å². The third-order valence-electron chi connectivity index (χ3n) is 4.12. The zero-order valence-electron chi connectivity index (χ0n) is 12.8. The van der Waals surface area contributed by atoms with Crippen LogP contribution in [0, 0.1) is 0 Å². The van der Waals surface area contributed by atoms with Crippen molar-refractivity contribution >= 4 is 5.69 Å². The molecule has 1 unspecified atom stereocenters. The van der Waals surface area contributed by atoms with Gasteiger partial charge in [-0.05, 0) is 43.9 Å². The van der Waals surface area contributed by atoms with E-state index in [0.717, 1.165) is 36.5 Å². The molecule has 1 N–H and O–H groups in total. The van der Waals surface area contributed by atoms with Gasteiger partial charge >= 0.3 is 0 Å². The molecule has 1 aliphatic heterocycles. The average molecular weight is 285 g/mol. The lowest BCUT2D eigenvalue weighted by molar-refractivity contribution is 0.299. The molecule has 1 atom stereocenters. The van der Waals surface area contributed by atoms with Gasteiger partial charge in [-0.15, -0.1) is 0 Å². The number of rotatable bonds is 5. The molecule has 112 valence electrons. The molecular formula is C17H23N3O. The number of benzene rings is 1. The van der Waals surface area contributed by atoms with Crippen LogP contribution >= 0.6 is 0 Å². The molecule has 0 radical (unpaired) electrons. The second-order valence-corrected chi connectivity index (χ2v) is 5.65. The van der Waals surface area contributed by atoms with Gasteiger partial charge in [0.25, 0.3) is 0 Å². The first-order valence-corrected chi connectivity index (χ1v) is 7.80. The summed E-state index contributed by atoms with van der Waals surface area (Å²) in [5, 5.41) is 8.03. The number of nitrogens with one attached hydrogen (secondary N) is 1. The zero-order chi connectivity index (χ0) is 14.7. The Balaban J connectivity index is 1.69. The van der Waals surface area contributed by atoms with Crippen molar-refractivity contribution in [3.63, 3.8) is 0 Å². The highest BCUT2D eigenvalue weighted by Crippen LogP contribution is 2.32. The molecule has 0 spiro atoms. The van der Waals surface area contributed by atoms with Crippen LogP contribution in [0.2, 0.25) is 0 Å². The molecule has 0 saturated carbocycles. The Morgan fingerprint density at radius 1 is 1.38 bits per heavy atom. The largest absolute Gasteiger partial charge is 0.485 e. The lowest BCUT2D eigenvalue weighted by Gasteiger charge is -2.20. The molecule has 2 heterocycles. The first-order valence-electron chi connectivity index (χ1n) is 7.80. The predicted molar refractivity (Wildman–Crippen MR) is 84.8 cm³/mol. The third-order valence-corrected chi connectivity index (χ3v) is 4.12. The SMILES string of the molecule is CCC(C)n1ccc(COc2cccc3c2NCCC3)n1. The van der Waals surface area contributed by atoms with Crippen molar-refractivity contribution in [2.75, 3.05) is 11.9 Å². The van der Waals surface area contributed by atoms with E-state index in [9.17, 15) is 0 Å². The normalized spacial score (nSPS) is 15.1. The van der Waals surface area contributed by atoms with E-state index in [4.69, 9.17) is 4.74 Å². The van der Waals surface area contributed by atoms with Crippen LogP contribution in [0.5, 0.6) is 5.75 Å². The molecule has 1 aromatic carbocycles. The number of aromatic nitrogens is 2. The van der Waals surface area contributed by atoms with E-state index in [1.54, 1.807) is 0 Å². The second kappa shape index (κ2) is 6.20. The van der Waals surface area contributed by atoms with Crippen LogP contribution in [0.4, 0.5) is 5.69 Å². The maximum Gasteiger partial charge on any atom is 0.143 e. The Kier molecular flexibility index (Phi) is 4.13. The van der Waals surface area contributed by atoms with Gasteiger partial charge in [-0.2, -0.15) is 5.10 Å². The van der Waals surface area contributed by atoms with E-state index in [2.05, 4.69) is 36.4 Å². The predicted octanol–water partition coefficient (Wildman–Crippen LogP) is 3.79. The first kappa shape index (κ1) is 14.0. The average Bonchev–Trinajstić information content (AvgIpc) is 3.01. The summed E-state index contributed by atoms with van der Waals surface area (Å²) < 4.78 is 7.99. The monoisotopic (exact) mass is 285 g/mol. The summed E-state index contributed by atoms with van der Waals surface area (Å²) in [5.74, 6) is 0.935.